The number of aromatic nitrogens is 1. The van der Waals surface area contributed by atoms with Crippen molar-refractivity contribution in [1.29, 1.82) is 0 Å². The van der Waals surface area contributed by atoms with Gasteiger partial charge in [0, 0.05) is 64.5 Å². The molecule has 0 bridgehead atoms. The lowest BCUT2D eigenvalue weighted by Gasteiger charge is -2.26. The Morgan fingerprint density at radius 2 is 0.914 bits per heavy atom. The van der Waals surface area contributed by atoms with Gasteiger partial charge in [0.1, 0.15) is 11.2 Å². The van der Waals surface area contributed by atoms with Crippen molar-refractivity contribution in [2.24, 2.45) is 0 Å². The molecule has 0 atom stereocenters. The first-order valence-electron chi connectivity index (χ1n) is 19.7. The number of anilines is 3. The first-order valence-corrected chi connectivity index (χ1v) is 20.5. The summed E-state index contributed by atoms with van der Waals surface area (Å²) in [5, 5.41) is 7.35. The Morgan fingerprint density at radius 1 is 0.345 bits per heavy atom. The molecule has 0 N–H and O–H groups in total. The van der Waals surface area contributed by atoms with Gasteiger partial charge in [0.2, 0.25) is 0 Å². The van der Waals surface area contributed by atoms with Crippen molar-refractivity contribution in [3.8, 4) is 27.9 Å². The average Bonchev–Trinajstić information content (AvgIpc) is 3.96. The van der Waals surface area contributed by atoms with Gasteiger partial charge in [-0.25, -0.2) is 0 Å². The third-order valence-electron chi connectivity index (χ3n) is 11.6. The lowest BCUT2D eigenvalue weighted by atomic mass is 10.0. The Kier molecular flexibility index (Phi) is 7.40. The highest BCUT2D eigenvalue weighted by atomic mass is 32.1. The molecule has 0 saturated carbocycles. The van der Waals surface area contributed by atoms with Crippen LogP contribution in [0.5, 0.6) is 0 Å². The molecule has 0 unspecified atom stereocenters. The summed E-state index contributed by atoms with van der Waals surface area (Å²) in [5.41, 5.74) is 13.4. The predicted octanol–water partition coefficient (Wildman–Crippen LogP) is 15.9. The number of thiophene rings is 1. The number of nitrogens with zero attached hydrogens (tertiary/aromatic N) is 2. The minimum atomic E-state index is 0.885. The van der Waals surface area contributed by atoms with Crippen molar-refractivity contribution < 1.29 is 4.42 Å². The van der Waals surface area contributed by atoms with Crippen LogP contribution in [0.15, 0.2) is 211 Å². The molecule has 3 heterocycles. The zero-order valence-corrected chi connectivity index (χ0v) is 32.2. The maximum absolute atomic E-state index is 6.24. The molecule has 0 radical (unpaired) electrons. The summed E-state index contributed by atoms with van der Waals surface area (Å²) in [4.78, 5) is 2.35. The summed E-state index contributed by atoms with van der Waals surface area (Å²) >= 11 is 1.86. The lowest BCUT2D eigenvalue weighted by Crippen LogP contribution is -2.09. The van der Waals surface area contributed by atoms with Gasteiger partial charge in [-0.05, 0) is 113 Å². The number of fused-ring (bicyclic) bond motifs is 9. The average molecular weight is 759 g/mol. The monoisotopic (exact) mass is 758 g/mol. The van der Waals surface area contributed by atoms with Gasteiger partial charge in [0.25, 0.3) is 0 Å². The van der Waals surface area contributed by atoms with Crippen LogP contribution < -0.4 is 4.90 Å². The molecule has 0 fully saturated rings. The Labute approximate surface area is 338 Å². The third kappa shape index (κ3) is 5.27. The van der Waals surface area contributed by atoms with E-state index in [1.54, 1.807) is 0 Å². The van der Waals surface area contributed by atoms with E-state index < -0.39 is 0 Å². The molecule has 0 spiro atoms. The largest absolute Gasteiger partial charge is 0.456 e. The summed E-state index contributed by atoms with van der Waals surface area (Å²) in [6.45, 7) is 0. The van der Waals surface area contributed by atoms with Crippen LogP contribution in [0.1, 0.15) is 0 Å². The Bertz CT molecular complexity index is 3500. The summed E-state index contributed by atoms with van der Waals surface area (Å²) in [6, 6.07) is 74.5. The van der Waals surface area contributed by atoms with Gasteiger partial charge < -0.3 is 13.9 Å². The molecule has 0 aliphatic carbocycles. The van der Waals surface area contributed by atoms with Crippen LogP contribution >= 0.6 is 11.3 Å². The summed E-state index contributed by atoms with van der Waals surface area (Å²) < 4.78 is 11.2. The van der Waals surface area contributed by atoms with Crippen molar-refractivity contribution in [2.45, 2.75) is 0 Å². The minimum Gasteiger partial charge on any atom is -0.456 e. The highest BCUT2D eigenvalue weighted by Gasteiger charge is 2.18. The topological polar surface area (TPSA) is 21.3 Å². The fraction of sp³-hybridized carbons (Fsp3) is 0. The van der Waals surface area contributed by atoms with Crippen LogP contribution in [-0.2, 0) is 0 Å². The second-order valence-corrected chi connectivity index (χ2v) is 16.0. The molecular weight excluding hydrogens is 725 g/mol. The van der Waals surface area contributed by atoms with Gasteiger partial charge in [-0.3, -0.25) is 0 Å². The van der Waals surface area contributed by atoms with E-state index >= 15 is 0 Å². The van der Waals surface area contributed by atoms with Gasteiger partial charge in [-0.1, -0.05) is 115 Å². The fourth-order valence-electron chi connectivity index (χ4n) is 8.82. The molecule has 0 amide bonds. The van der Waals surface area contributed by atoms with E-state index in [-0.39, 0.29) is 0 Å². The molecule has 0 aliphatic heterocycles. The Morgan fingerprint density at radius 3 is 1.71 bits per heavy atom. The van der Waals surface area contributed by atoms with E-state index in [0.717, 1.165) is 44.7 Å². The Hall–Kier alpha value is -7.40. The number of hydrogen-bond donors (Lipinski definition) is 0. The van der Waals surface area contributed by atoms with Crippen LogP contribution in [0.4, 0.5) is 17.1 Å². The normalized spacial score (nSPS) is 11.8. The van der Waals surface area contributed by atoms with Crippen molar-refractivity contribution >= 4 is 92.3 Å². The number of rotatable bonds is 6. The van der Waals surface area contributed by atoms with E-state index in [0.29, 0.717) is 0 Å². The first kappa shape index (κ1) is 32.8. The molecule has 58 heavy (non-hydrogen) atoms. The van der Waals surface area contributed by atoms with Crippen LogP contribution in [-0.4, -0.2) is 4.57 Å². The summed E-state index contributed by atoms with van der Waals surface area (Å²) in [7, 11) is 0. The molecule has 12 aromatic rings. The maximum Gasteiger partial charge on any atom is 0.135 e. The van der Waals surface area contributed by atoms with Gasteiger partial charge >= 0.3 is 0 Å². The first-order chi connectivity index (χ1) is 28.7. The minimum absolute atomic E-state index is 0.885. The van der Waals surface area contributed by atoms with Gasteiger partial charge in [0.15, 0.2) is 0 Å². The quantitative estimate of drug-likeness (QED) is 0.168. The van der Waals surface area contributed by atoms with Crippen LogP contribution in [0, 0.1) is 0 Å². The zero-order chi connectivity index (χ0) is 38.2. The zero-order valence-electron chi connectivity index (χ0n) is 31.3. The number of hydrogen-bond acceptors (Lipinski definition) is 3. The smallest absolute Gasteiger partial charge is 0.135 e. The van der Waals surface area contributed by atoms with Crippen molar-refractivity contribution in [2.75, 3.05) is 4.90 Å². The molecule has 9 aromatic carbocycles. The second kappa shape index (κ2) is 13.1. The fourth-order valence-corrected chi connectivity index (χ4v) is 9.96. The van der Waals surface area contributed by atoms with Crippen LogP contribution in [0.25, 0.3) is 91.9 Å². The lowest BCUT2D eigenvalue weighted by molar-refractivity contribution is 0.669. The molecular formula is C54H34N2OS. The van der Waals surface area contributed by atoms with E-state index in [1.165, 1.54) is 64.2 Å². The molecule has 0 aliphatic rings. The van der Waals surface area contributed by atoms with Crippen molar-refractivity contribution in [1.82, 2.24) is 4.57 Å². The van der Waals surface area contributed by atoms with Gasteiger partial charge in [-0.15, -0.1) is 11.3 Å². The van der Waals surface area contributed by atoms with E-state index in [2.05, 4.69) is 204 Å². The Balaban J connectivity index is 0.949. The third-order valence-corrected chi connectivity index (χ3v) is 12.7. The predicted molar refractivity (Wildman–Crippen MR) is 247 cm³/mol. The highest BCUT2D eigenvalue weighted by molar-refractivity contribution is 7.25. The van der Waals surface area contributed by atoms with Crippen molar-refractivity contribution in [3.05, 3.63) is 206 Å². The molecule has 3 nitrogen and oxygen atoms in total. The second-order valence-electron chi connectivity index (χ2n) is 14.9. The standard InChI is InChI=1S/C54H34N2OS/c1-2-10-39(11-3-1)56-49-15-7-4-12-43(49)47-32-37(23-30-50(47)56)35-18-24-40(25-19-35)55(42-28-31-52-48(34-42)44-13-5-8-16-51(44)57-52)41-26-20-36(21-27-41)38-22-29-46-45-14-6-9-17-53(45)58-54(46)33-38/h1-34H. The SMILES string of the molecule is c1ccc(-n2c3ccccc3c3cc(-c4ccc(N(c5ccc(-c6ccc7c(c6)sc6ccccc67)cc5)c5ccc6oc7ccccc7c6c5)cc4)ccc32)cc1. The maximum atomic E-state index is 6.24. The van der Waals surface area contributed by atoms with Crippen LogP contribution in [0.3, 0.4) is 0 Å². The molecule has 0 saturated heterocycles. The van der Waals surface area contributed by atoms with Crippen molar-refractivity contribution in [3.63, 3.8) is 0 Å². The van der Waals surface area contributed by atoms with Gasteiger partial charge in [-0.2, -0.15) is 0 Å². The van der Waals surface area contributed by atoms with E-state index in [4.69, 9.17) is 4.42 Å². The highest BCUT2D eigenvalue weighted by Crippen LogP contribution is 2.42. The van der Waals surface area contributed by atoms with Gasteiger partial charge in [0.05, 0.1) is 11.0 Å². The molecule has 12 rings (SSSR count). The number of furan rings is 1. The number of para-hydroxylation sites is 3. The summed E-state index contributed by atoms with van der Waals surface area (Å²) in [5.74, 6) is 0. The molecule has 272 valence electrons. The van der Waals surface area contributed by atoms with E-state index in [1.807, 2.05) is 23.5 Å². The molecule has 3 aromatic heterocycles. The van der Waals surface area contributed by atoms with E-state index in [9.17, 15) is 0 Å². The summed E-state index contributed by atoms with van der Waals surface area (Å²) in [6.07, 6.45) is 0. The molecule has 4 heteroatoms. The van der Waals surface area contributed by atoms with Crippen LogP contribution in [0.2, 0.25) is 0 Å². The number of benzene rings is 9.